The van der Waals surface area contributed by atoms with E-state index in [1.165, 1.54) is 20.4 Å². The summed E-state index contributed by atoms with van der Waals surface area (Å²) in [5.41, 5.74) is 3.85. The standard InChI is InChI=1S/C27H22N2O5/c1-32-24-15-13-20(16-25(24)33-2)26(30)29-28-17-22-21-11-7-6-8-18(21)12-14-23(22)34-27(31)19-9-4-3-5-10-19/h3-17H,1-2H3,(H,29,30)/b28-17+. The van der Waals surface area contributed by atoms with Crippen LogP contribution in [-0.2, 0) is 0 Å². The number of benzene rings is 4. The third-order valence-electron chi connectivity index (χ3n) is 5.15. The molecule has 0 aliphatic heterocycles. The minimum Gasteiger partial charge on any atom is -0.493 e. The van der Waals surface area contributed by atoms with Gasteiger partial charge in [-0.15, -0.1) is 0 Å². The lowest BCUT2D eigenvalue weighted by Gasteiger charge is -2.11. The number of nitrogens with zero attached hydrogens (tertiary/aromatic N) is 1. The normalized spacial score (nSPS) is 10.8. The highest BCUT2D eigenvalue weighted by atomic mass is 16.5. The van der Waals surface area contributed by atoms with Crippen LogP contribution < -0.4 is 19.6 Å². The van der Waals surface area contributed by atoms with E-state index in [9.17, 15) is 9.59 Å². The molecule has 0 aliphatic rings. The van der Waals surface area contributed by atoms with Crippen LogP contribution in [0, 0.1) is 0 Å². The van der Waals surface area contributed by atoms with Crippen LogP contribution in [-0.4, -0.2) is 32.3 Å². The zero-order valence-electron chi connectivity index (χ0n) is 18.6. The van der Waals surface area contributed by atoms with Crippen molar-refractivity contribution in [2.75, 3.05) is 14.2 Å². The Morgan fingerprint density at radius 1 is 0.765 bits per heavy atom. The summed E-state index contributed by atoms with van der Waals surface area (Å²) >= 11 is 0. The molecule has 0 saturated carbocycles. The van der Waals surface area contributed by atoms with Gasteiger partial charge in [-0.25, -0.2) is 10.2 Å². The number of hydrogen-bond acceptors (Lipinski definition) is 6. The summed E-state index contributed by atoms with van der Waals surface area (Å²) in [6.45, 7) is 0. The molecule has 7 heteroatoms. The number of carbonyl (C=O) groups excluding carboxylic acids is 2. The van der Waals surface area contributed by atoms with E-state index in [1.54, 1.807) is 48.5 Å². The van der Waals surface area contributed by atoms with Gasteiger partial charge in [-0.1, -0.05) is 48.5 Å². The Morgan fingerprint density at radius 2 is 1.47 bits per heavy atom. The molecule has 4 aromatic carbocycles. The van der Waals surface area contributed by atoms with E-state index < -0.39 is 11.9 Å². The smallest absolute Gasteiger partial charge is 0.343 e. The van der Waals surface area contributed by atoms with Gasteiger partial charge in [0.05, 0.1) is 26.0 Å². The summed E-state index contributed by atoms with van der Waals surface area (Å²) in [4.78, 5) is 25.2. The van der Waals surface area contributed by atoms with E-state index in [-0.39, 0.29) is 0 Å². The van der Waals surface area contributed by atoms with Crippen molar-refractivity contribution >= 4 is 28.9 Å². The highest BCUT2D eigenvalue weighted by Gasteiger charge is 2.14. The maximum atomic E-state index is 12.6. The molecule has 0 fully saturated rings. The van der Waals surface area contributed by atoms with Crippen molar-refractivity contribution < 1.29 is 23.8 Å². The molecule has 1 N–H and O–H groups in total. The molecule has 0 saturated heterocycles. The Labute approximate surface area is 196 Å². The second-order valence-electron chi connectivity index (χ2n) is 7.22. The van der Waals surface area contributed by atoms with E-state index in [4.69, 9.17) is 14.2 Å². The van der Waals surface area contributed by atoms with Gasteiger partial charge in [-0.3, -0.25) is 4.79 Å². The summed E-state index contributed by atoms with van der Waals surface area (Å²) in [6, 6.07) is 24.7. The van der Waals surface area contributed by atoms with Gasteiger partial charge in [0.25, 0.3) is 5.91 Å². The molecule has 0 spiro atoms. The summed E-state index contributed by atoms with van der Waals surface area (Å²) in [6.07, 6.45) is 1.47. The first-order valence-electron chi connectivity index (χ1n) is 10.4. The number of nitrogens with one attached hydrogen (secondary N) is 1. The number of rotatable bonds is 7. The monoisotopic (exact) mass is 454 g/mol. The van der Waals surface area contributed by atoms with Crippen molar-refractivity contribution in [1.29, 1.82) is 0 Å². The van der Waals surface area contributed by atoms with Crippen LogP contribution >= 0.6 is 0 Å². The Balaban J connectivity index is 1.60. The average molecular weight is 454 g/mol. The predicted octanol–water partition coefficient (Wildman–Crippen LogP) is 4.84. The van der Waals surface area contributed by atoms with Gasteiger partial charge < -0.3 is 14.2 Å². The lowest BCUT2D eigenvalue weighted by Crippen LogP contribution is -2.18. The van der Waals surface area contributed by atoms with Gasteiger partial charge in [0.2, 0.25) is 0 Å². The van der Waals surface area contributed by atoms with Crippen LogP contribution in [0.2, 0.25) is 0 Å². The quantitative estimate of drug-likeness (QED) is 0.187. The van der Waals surface area contributed by atoms with E-state index in [0.29, 0.717) is 33.9 Å². The third kappa shape index (κ3) is 4.88. The molecule has 34 heavy (non-hydrogen) atoms. The van der Waals surface area contributed by atoms with Crippen molar-refractivity contribution in [3.63, 3.8) is 0 Å². The number of hydrogen-bond donors (Lipinski definition) is 1. The highest BCUT2D eigenvalue weighted by Crippen LogP contribution is 2.28. The fourth-order valence-electron chi connectivity index (χ4n) is 3.43. The first kappa shape index (κ1) is 22.5. The second-order valence-corrected chi connectivity index (χ2v) is 7.22. The number of esters is 1. The van der Waals surface area contributed by atoms with Crippen molar-refractivity contribution in [2.45, 2.75) is 0 Å². The molecular weight excluding hydrogens is 432 g/mol. The Kier molecular flexibility index (Phi) is 6.84. The van der Waals surface area contributed by atoms with Gasteiger partial charge in [0.1, 0.15) is 5.75 Å². The van der Waals surface area contributed by atoms with Crippen LogP contribution in [0.1, 0.15) is 26.3 Å². The lowest BCUT2D eigenvalue weighted by atomic mass is 10.0. The fraction of sp³-hybridized carbons (Fsp3) is 0.0741. The number of amides is 1. The SMILES string of the molecule is COc1ccc(C(=O)N/N=C/c2c(OC(=O)c3ccccc3)ccc3ccccc23)cc1OC. The summed E-state index contributed by atoms with van der Waals surface area (Å²) in [5, 5.41) is 5.88. The second kappa shape index (κ2) is 10.3. The molecule has 170 valence electrons. The van der Waals surface area contributed by atoms with Gasteiger partial charge in [-0.2, -0.15) is 5.10 Å². The predicted molar refractivity (Wildman–Crippen MR) is 130 cm³/mol. The van der Waals surface area contributed by atoms with E-state index >= 15 is 0 Å². The molecule has 7 nitrogen and oxygen atoms in total. The Morgan fingerprint density at radius 3 is 2.24 bits per heavy atom. The van der Waals surface area contributed by atoms with Crippen LogP contribution in [0.3, 0.4) is 0 Å². The fourth-order valence-corrected chi connectivity index (χ4v) is 3.43. The van der Waals surface area contributed by atoms with E-state index in [0.717, 1.165) is 10.8 Å². The van der Waals surface area contributed by atoms with Crippen molar-refractivity contribution in [2.24, 2.45) is 5.10 Å². The van der Waals surface area contributed by atoms with Crippen LogP contribution in [0.15, 0.2) is 90.0 Å². The Bertz CT molecular complexity index is 1370. The maximum Gasteiger partial charge on any atom is 0.343 e. The average Bonchev–Trinajstić information content (AvgIpc) is 2.89. The molecule has 0 bridgehead atoms. The zero-order valence-corrected chi connectivity index (χ0v) is 18.6. The number of carbonyl (C=O) groups is 2. The number of fused-ring (bicyclic) bond motifs is 1. The van der Waals surface area contributed by atoms with Gasteiger partial charge in [0, 0.05) is 11.1 Å². The van der Waals surface area contributed by atoms with E-state index in [1.807, 2.05) is 36.4 Å². The first-order chi connectivity index (χ1) is 16.6. The molecule has 0 aliphatic carbocycles. The van der Waals surface area contributed by atoms with Crippen LogP contribution in [0.5, 0.6) is 17.2 Å². The zero-order chi connectivity index (χ0) is 23.9. The maximum absolute atomic E-state index is 12.6. The molecule has 0 heterocycles. The summed E-state index contributed by atoms with van der Waals surface area (Å²) in [5.74, 6) is 0.364. The first-order valence-corrected chi connectivity index (χ1v) is 10.4. The topological polar surface area (TPSA) is 86.2 Å². The molecule has 0 atom stereocenters. The van der Waals surface area contributed by atoms with Crippen molar-refractivity contribution in [3.05, 3.63) is 102 Å². The minimum absolute atomic E-state index is 0.330. The molecule has 4 aromatic rings. The largest absolute Gasteiger partial charge is 0.493 e. The van der Waals surface area contributed by atoms with Crippen molar-refractivity contribution in [1.82, 2.24) is 5.43 Å². The molecule has 0 radical (unpaired) electrons. The van der Waals surface area contributed by atoms with Gasteiger partial charge in [-0.05, 0) is 47.2 Å². The van der Waals surface area contributed by atoms with Crippen molar-refractivity contribution in [3.8, 4) is 17.2 Å². The highest BCUT2D eigenvalue weighted by molar-refractivity contribution is 6.04. The number of ether oxygens (including phenoxy) is 3. The molecular formula is C27H22N2O5. The molecule has 0 unspecified atom stereocenters. The number of hydrazone groups is 1. The molecule has 4 rings (SSSR count). The van der Waals surface area contributed by atoms with Crippen LogP contribution in [0.25, 0.3) is 10.8 Å². The summed E-state index contributed by atoms with van der Waals surface area (Å²) < 4.78 is 16.1. The van der Waals surface area contributed by atoms with Gasteiger partial charge >= 0.3 is 5.97 Å². The summed E-state index contributed by atoms with van der Waals surface area (Å²) in [7, 11) is 3.02. The van der Waals surface area contributed by atoms with Gasteiger partial charge in [0.15, 0.2) is 11.5 Å². The Hall–Kier alpha value is -4.65. The molecule has 0 aromatic heterocycles. The molecule has 1 amide bonds. The minimum atomic E-state index is -0.486. The van der Waals surface area contributed by atoms with E-state index in [2.05, 4.69) is 10.5 Å². The number of methoxy groups -OCH3 is 2. The van der Waals surface area contributed by atoms with Crippen LogP contribution in [0.4, 0.5) is 0 Å². The third-order valence-corrected chi connectivity index (χ3v) is 5.15. The lowest BCUT2D eigenvalue weighted by molar-refractivity contribution is 0.0734.